The molecule has 1 aromatic heterocycles. The fourth-order valence-electron chi connectivity index (χ4n) is 3.07. The van der Waals surface area contributed by atoms with Crippen LogP contribution >= 0.6 is 0 Å². The highest BCUT2D eigenvalue weighted by molar-refractivity contribution is 7.90. The predicted octanol–water partition coefficient (Wildman–Crippen LogP) is 3.00. The summed E-state index contributed by atoms with van der Waals surface area (Å²) in [5.74, 6) is 0.259. The normalized spacial score (nSPS) is 20.8. The summed E-state index contributed by atoms with van der Waals surface area (Å²) in [4.78, 5) is 0.301. The Bertz CT molecular complexity index is 988. The topological polar surface area (TPSA) is 65.1 Å². The minimum absolute atomic E-state index is 0.135. The van der Waals surface area contributed by atoms with Gasteiger partial charge in [-0.05, 0) is 37.1 Å². The Morgan fingerprint density at radius 1 is 1.09 bits per heavy atom. The third-order valence-electron chi connectivity index (χ3n) is 4.53. The second-order valence-corrected chi connectivity index (χ2v) is 8.04. The van der Waals surface area contributed by atoms with Gasteiger partial charge in [-0.3, -0.25) is 0 Å². The molecule has 2 atom stereocenters. The average molecular weight is 326 g/mol. The molecule has 0 saturated heterocycles. The second-order valence-electron chi connectivity index (χ2n) is 6.22. The highest BCUT2D eigenvalue weighted by Crippen LogP contribution is 2.43. The molecular formula is C18H18N2O2S. The minimum Gasteiger partial charge on any atom is -0.327 e. The van der Waals surface area contributed by atoms with Crippen molar-refractivity contribution in [3.63, 3.8) is 0 Å². The van der Waals surface area contributed by atoms with E-state index in [1.807, 2.05) is 43.3 Å². The molecule has 0 spiro atoms. The number of nitrogens with two attached hydrogens (primary N) is 1. The fourth-order valence-corrected chi connectivity index (χ4v) is 4.44. The molecular weight excluding hydrogens is 308 g/mol. The van der Waals surface area contributed by atoms with E-state index in [-0.39, 0.29) is 12.0 Å². The van der Waals surface area contributed by atoms with Crippen molar-refractivity contribution in [2.75, 3.05) is 0 Å². The lowest BCUT2D eigenvalue weighted by molar-refractivity contribution is 0.589. The monoisotopic (exact) mass is 326 g/mol. The first-order chi connectivity index (χ1) is 11.0. The van der Waals surface area contributed by atoms with E-state index in [0.29, 0.717) is 10.4 Å². The van der Waals surface area contributed by atoms with Crippen molar-refractivity contribution in [3.05, 3.63) is 65.9 Å². The molecule has 0 radical (unpaired) electrons. The Morgan fingerprint density at radius 3 is 2.39 bits per heavy atom. The molecule has 1 aliphatic carbocycles. The van der Waals surface area contributed by atoms with Crippen molar-refractivity contribution in [1.29, 1.82) is 0 Å². The van der Waals surface area contributed by atoms with Crippen LogP contribution < -0.4 is 5.73 Å². The molecule has 23 heavy (non-hydrogen) atoms. The lowest BCUT2D eigenvalue weighted by atomic mass is 10.1. The van der Waals surface area contributed by atoms with Crippen LogP contribution in [0.15, 0.2) is 59.6 Å². The Kier molecular flexibility index (Phi) is 3.11. The number of rotatable bonds is 3. The molecule has 0 amide bonds. The molecule has 0 bridgehead atoms. The minimum atomic E-state index is -3.61. The van der Waals surface area contributed by atoms with Gasteiger partial charge in [0.05, 0.1) is 10.4 Å². The van der Waals surface area contributed by atoms with Gasteiger partial charge < -0.3 is 5.73 Å². The summed E-state index contributed by atoms with van der Waals surface area (Å²) in [5.41, 5.74) is 8.75. The molecule has 118 valence electrons. The van der Waals surface area contributed by atoms with Gasteiger partial charge in [0.15, 0.2) is 0 Å². The molecule has 1 heterocycles. The fraction of sp³-hybridized carbons (Fsp3) is 0.222. The number of aromatic nitrogens is 1. The predicted molar refractivity (Wildman–Crippen MR) is 91.0 cm³/mol. The van der Waals surface area contributed by atoms with Crippen molar-refractivity contribution in [3.8, 4) is 0 Å². The first kappa shape index (κ1) is 14.5. The van der Waals surface area contributed by atoms with Gasteiger partial charge in [-0.25, -0.2) is 12.4 Å². The highest BCUT2D eigenvalue weighted by Gasteiger charge is 2.37. The Balaban J connectivity index is 1.93. The standard InChI is InChI=1S/C18H18N2O2S/c1-12-6-8-13(9-7-12)23(21,22)20-11-16(15-10-17(15)19)14-4-2-3-5-18(14)20/h2-9,11,15,17H,10,19H2,1H3/t15-,17+/m1/s1. The molecule has 1 aliphatic rings. The summed E-state index contributed by atoms with van der Waals surface area (Å²) in [5, 5.41) is 0.973. The number of para-hydroxylation sites is 1. The maximum absolute atomic E-state index is 13.0. The first-order valence-electron chi connectivity index (χ1n) is 7.66. The molecule has 0 aliphatic heterocycles. The van der Waals surface area contributed by atoms with Crippen molar-refractivity contribution < 1.29 is 8.42 Å². The van der Waals surface area contributed by atoms with Gasteiger partial charge in [0.2, 0.25) is 0 Å². The van der Waals surface area contributed by atoms with Crippen LogP contribution in [0.2, 0.25) is 0 Å². The quantitative estimate of drug-likeness (QED) is 0.804. The molecule has 3 aromatic rings. The lowest BCUT2D eigenvalue weighted by Gasteiger charge is -2.07. The van der Waals surface area contributed by atoms with Crippen LogP contribution in [0, 0.1) is 6.92 Å². The smallest absolute Gasteiger partial charge is 0.268 e. The molecule has 2 N–H and O–H groups in total. The highest BCUT2D eigenvalue weighted by atomic mass is 32.2. The van der Waals surface area contributed by atoms with Crippen LogP contribution in [-0.2, 0) is 10.0 Å². The van der Waals surface area contributed by atoms with Crippen molar-refractivity contribution in [2.45, 2.75) is 30.2 Å². The number of nitrogens with zero attached hydrogens (tertiary/aromatic N) is 1. The third kappa shape index (κ3) is 2.28. The molecule has 4 nitrogen and oxygen atoms in total. The number of fused-ring (bicyclic) bond motifs is 1. The van der Waals surface area contributed by atoms with Gasteiger partial charge in [-0.15, -0.1) is 0 Å². The van der Waals surface area contributed by atoms with E-state index in [1.165, 1.54) is 3.97 Å². The Morgan fingerprint density at radius 2 is 1.74 bits per heavy atom. The summed E-state index contributed by atoms with van der Waals surface area (Å²) in [6.07, 6.45) is 2.66. The van der Waals surface area contributed by atoms with Gasteiger partial charge >= 0.3 is 0 Å². The van der Waals surface area contributed by atoms with Gasteiger partial charge in [0.25, 0.3) is 10.0 Å². The summed E-state index contributed by atoms with van der Waals surface area (Å²) >= 11 is 0. The molecule has 1 fully saturated rings. The van der Waals surface area contributed by atoms with E-state index in [9.17, 15) is 8.42 Å². The molecule has 2 aromatic carbocycles. The van der Waals surface area contributed by atoms with Crippen molar-refractivity contribution >= 4 is 20.9 Å². The van der Waals surface area contributed by atoms with E-state index in [4.69, 9.17) is 5.73 Å². The van der Waals surface area contributed by atoms with Gasteiger partial charge in [0.1, 0.15) is 0 Å². The van der Waals surface area contributed by atoms with Crippen molar-refractivity contribution in [2.24, 2.45) is 5.73 Å². The van der Waals surface area contributed by atoms with Gasteiger partial charge in [0, 0.05) is 23.5 Å². The molecule has 1 saturated carbocycles. The van der Waals surface area contributed by atoms with E-state index in [1.54, 1.807) is 18.3 Å². The molecule has 4 rings (SSSR count). The van der Waals surface area contributed by atoms with E-state index < -0.39 is 10.0 Å². The van der Waals surface area contributed by atoms with Crippen LogP contribution in [0.4, 0.5) is 0 Å². The molecule has 0 unspecified atom stereocenters. The summed E-state index contributed by atoms with van der Waals surface area (Å²) < 4.78 is 27.5. The number of benzene rings is 2. The number of aryl methyl sites for hydroxylation is 1. The van der Waals surface area contributed by atoms with E-state index in [2.05, 4.69) is 0 Å². The summed E-state index contributed by atoms with van der Waals surface area (Å²) in [7, 11) is -3.61. The third-order valence-corrected chi connectivity index (χ3v) is 6.21. The van der Waals surface area contributed by atoms with E-state index in [0.717, 1.165) is 22.9 Å². The van der Waals surface area contributed by atoms with Crippen LogP contribution in [0.1, 0.15) is 23.5 Å². The summed E-state index contributed by atoms with van der Waals surface area (Å²) in [6.45, 7) is 1.94. The van der Waals surface area contributed by atoms with Gasteiger partial charge in [-0.2, -0.15) is 0 Å². The first-order valence-corrected chi connectivity index (χ1v) is 9.10. The zero-order chi connectivity index (χ0) is 16.2. The van der Waals surface area contributed by atoms with E-state index >= 15 is 0 Å². The number of hydrogen-bond donors (Lipinski definition) is 1. The largest absolute Gasteiger partial charge is 0.327 e. The lowest BCUT2D eigenvalue weighted by Crippen LogP contribution is -2.11. The van der Waals surface area contributed by atoms with Crippen LogP contribution in [0.25, 0.3) is 10.9 Å². The van der Waals surface area contributed by atoms with Crippen LogP contribution in [0.3, 0.4) is 0 Å². The number of hydrogen-bond acceptors (Lipinski definition) is 3. The SMILES string of the molecule is Cc1ccc(S(=O)(=O)n2cc([C@H]3C[C@@H]3N)c3ccccc32)cc1. The average Bonchev–Trinajstić information content (AvgIpc) is 3.12. The van der Waals surface area contributed by atoms with Crippen LogP contribution in [0.5, 0.6) is 0 Å². The maximum atomic E-state index is 13.0. The van der Waals surface area contributed by atoms with Crippen molar-refractivity contribution in [1.82, 2.24) is 3.97 Å². The zero-order valence-corrected chi connectivity index (χ0v) is 13.6. The second kappa shape index (κ2) is 4.94. The Hall–Kier alpha value is -2.11. The summed E-state index contributed by atoms with van der Waals surface area (Å²) in [6, 6.07) is 14.7. The van der Waals surface area contributed by atoms with Crippen LogP contribution in [-0.4, -0.2) is 18.4 Å². The Labute approximate surface area is 135 Å². The van der Waals surface area contributed by atoms with Gasteiger partial charge in [-0.1, -0.05) is 35.9 Å². The zero-order valence-electron chi connectivity index (χ0n) is 12.8. The molecule has 5 heteroatoms. The maximum Gasteiger partial charge on any atom is 0.268 e.